The molecule has 1 heterocycles. The molecule has 2 rings (SSSR count). The van der Waals surface area contributed by atoms with E-state index in [0.717, 1.165) is 25.0 Å². The summed E-state index contributed by atoms with van der Waals surface area (Å²) < 4.78 is 0. The lowest BCUT2D eigenvalue weighted by molar-refractivity contribution is -0.122. The monoisotopic (exact) mass is 259 g/mol. The van der Waals surface area contributed by atoms with Gasteiger partial charge in [-0.25, -0.2) is 0 Å². The summed E-state index contributed by atoms with van der Waals surface area (Å²) in [6.45, 7) is 2.12. The van der Waals surface area contributed by atoms with Crippen molar-refractivity contribution in [3.8, 4) is 0 Å². The summed E-state index contributed by atoms with van der Waals surface area (Å²) in [6, 6.07) is 4.10. The van der Waals surface area contributed by atoms with Gasteiger partial charge in [-0.05, 0) is 30.9 Å². The van der Waals surface area contributed by atoms with E-state index in [-0.39, 0.29) is 5.92 Å². The number of aromatic nitrogens is 1. The van der Waals surface area contributed by atoms with Gasteiger partial charge in [0.2, 0.25) is 0 Å². The van der Waals surface area contributed by atoms with E-state index < -0.39 is 0 Å². The van der Waals surface area contributed by atoms with Crippen LogP contribution < -0.4 is 0 Å². The molecule has 1 aromatic heterocycles. The lowest BCUT2D eigenvalue weighted by Gasteiger charge is -2.18. The molecule has 0 N–H and O–H groups in total. The van der Waals surface area contributed by atoms with Crippen molar-refractivity contribution < 1.29 is 4.79 Å². The van der Waals surface area contributed by atoms with Crippen LogP contribution >= 0.6 is 0 Å². The van der Waals surface area contributed by atoms with Crippen LogP contribution in [0, 0.1) is 5.92 Å². The minimum absolute atomic E-state index is 0.285. The fourth-order valence-corrected chi connectivity index (χ4v) is 2.87. The second kappa shape index (κ2) is 7.42. The molecular formula is C17H25NO. The third-order valence-electron chi connectivity index (χ3n) is 4.21. The Labute approximate surface area is 116 Å². The van der Waals surface area contributed by atoms with E-state index in [4.69, 9.17) is 0 Å². The van der Waals surface area contributed by atoms with Crippen molar-refractivity contribution in [3.63, 3.8) is 0 Å². The molecule has 0 atom stereocenters. The maximum atomic E-state index is 12.3. The van der Waals surface area contributed by atoms with Crippen LogP contribution in [0.3, 0.4) is 0 Å². The van der Waals surface area contributed by atoms with Gasteiger partial charge in [0.1, 0.15) is 5.78 Å². The van der Waals surface area contributed by atoms with Crippen LogP contribution in [0.2, 0.25) is 0 Å². The molecule has 0 radical (unpaired) electrons. The Kier molecular flexibility index (Phi) is 5.56. The third-order valence-corrected chi connectivity index (χ3v) is 4.21. The van der Waals surface area contributed by atoms with Crippen LogP contribution in [-0.4, -0.2) is 10.8 Å². The zero-order chi connectivity index (χ0) is 13.5. The number of hydrogen-bond donors (Lipinski definition) is 0. The first-order valence-corrected chi connectivity index (χ1v) is 7.76. The van der Waals surface area contributed by atoms with Gasteiger partial charge in [0, 0.05) is 24.2 Å². The van der Waals surface area contributed by atoms with Gasteiger partial charge in [-0.1, -0.05) is 45.1 Å². The quantitative estimate of drug-likeness (QED) is 0.814. The Morgan fingerprint density at radius 3 is 2.42 bits per heavy atom. The zero-order valence-electron chi connectivity index (χ0n) is 12.0. The first-order chi connectivity index (χ1) is 9.29. The Hall–Kier alpha value is -1.18. The molecule has 2 nitrogen and oxygen atoms in total. The predicted octanol–water partition coefficient (Wildman–Crippen LogP) is 4.12. The molecule has 1 fully saturated rings. The summed E-state index contributed by atoms with van der Waals surface area (Å²) in [7, 11) is 0. The largest absolute Gasteiger partial charge is 0.299 e. The van der Waals surface area contributed by atoms with Gasteiger partial charge in [-0.3, -0.25) is 9.78 Å². The first kappa shape index (κ1) is 14.2. The highest BCUT2D eigenvalue weighted by Gasteiger charge is 2.19. The zero-order valence-corrected chi connectivity index (χ0v) is 12.0. The van der Waals surface area contributed by atoms with Crippen LogP contribution in [0.5, 0.6) is 0 Å². The average molecular weight is 259 g/mol. The van der Waals surface area contributed by atoms with Gasteiger partial charge >= 0.3 is 0 Å². The highest BCUT2D eigenvalue weighted by molar-refractivity contribution is 5.82. The molecule has 1 aromatic rings. The molecule has 0 saturated heterocycles. The maximum Gasteiger partial charge on any atom is 0.141 e. The molecule has 0 aliphatic heterocycles. The number of nitrogens with zero attached hydrogens (tertiary/aromatic N) is 1. The predicted molar refractivity (Wildman–Crippen MR) is 78.1 cm³/mol. The molecule has 2 heteroatoms. The fraction of sp³-hybridized carbons (Fsp3) is 0.647. The van der Waals surface area contributed by atoms with Crippen molar-refractivity contribution >= 4 is 5.78 Å². The smallest absolute Gasteiger partial charge is 0.141 e. The molecular weight excluding hydrogens is 234 g/mol. The van der Waals surface area contributed by atoms with Crippen molar-refractivity contribution in [3.05, 3.63) is 29.6 Å². The van der Waals surface area contributed by atoms with Gasteiger partial charge < -0.3 is 0 Å². The van der Waals surface area contributed by atoms with Crippen molar-refractivity contribution in [1.82, 2.24) is 4.98 Å². The minimum atomic E-state index is 0.285. The summed E-state index contributed by atoms with van der Waals surface area (Å²) in [4.78, 5) is 16.8. The summed E-state index contributed by atoms with van der Waals surface area (Å²) in [5.41, 5.74) is 2.17. The van der Waals surface area contributed by atoms with Gasteiger partial charge in [0.25, 0.3) is 0 Å². The fourth-order valence-electron chi connectivity index (χ4n) is 2.87. The molecule has 1 saturated carbocycles. The minimum Gasteiger partial charge on any atom is -0.299 e. The molecule has 1 aliphatic carbocycles. The molecule has 0 spiro atoms. The number of aryl methyl sites for hydroxylation is 1. The van der Waals surface area contributed by atoms with Gasteiger partial charge in [0.15, 0.2) is 0 Å². The van der Waals surface area contributed by atoms with Crippen molar-refractivity contribution in [2.75, 3.05) is 0 Å². The van der Waals surface area contributed by atoms with Crippen LogP contribution in [0.25, 0.3) is 0 Å². The maximum absolute atomic E-state index is 12.3. The van der Waals surface area contributed by atoms with E-state index in [0.29, 0.717) is 12.2 Å². The molecule has 0 aromatic carbocycles. The number of rotatable bonds is 4. The number of pyridine rings is 1. The van der Waals surface area contributed by atoms with Crippen molar-refractivity contribution in [2.45, 2.75) is 64.7 Å². The molecule has 0 unspecified atom stereocenters. The van der Waals surface area contributed by atoms with Crippen LogP contribution in [0.15, 0.2) is 18.3 Å². The highest BCUT2D eigenvalue weighted by Crippen LogP contribution is 2.23. The molecule has 104 valence electrons. The van der Waals surface area contributed by atoms with Crippen LogP contribution in [-0.2, 0) is 17.6 Å². The second-order valence-corrected chi connectivity index (χ2v) is 5.70. The number of hydrogen-bond acceptors (Lipinski definition) is 2. The standard InChI is InChI=1S/C17H25NO/c1-2-14-10-11-16(18-13-14)12-17(19)15-8-6-4-3-5-7-9-15/h10-11,13,15H,2-9,12H2,1H3. The Morgan fingerprint density at radius 2 is 1.84 bits per heavy atom. The summed E-state index contributed by atoms with van der Waals surface area (Å²) in [5.74, 6) is 0.687. The summed E-state index contributed by atoms with van der Waals surface area (Å²) >= 11 is 0. The highest BCUT2D eigenvalue weighted by atomic mass is 16.1. The molecule has 19 heavy (non-hydrogen) atoms. The van der Waals surface area contributed by atoms with Gasteiger partial charge in [-0.2, -0.15) is 0 Å². The topological polar surface area (TPSA) is 30.0 Å². The van der Waals surface area contributed by atoms with E-state index in [9.17, 15) is 4.79 Å². The summed E-state index contributed by atoms with van der Waals surface area (Å²) in [5, 5.41) is 0. The lowest BCUT2D eigenvalue weighted by Crippen LogP contribution is -2.18. The number of carbonyl (C=O) groups excluding carboxylic acids is 1. The first-order valence-electron chi connectivity index (χ1n) is 7.76. The van der Waals surface area contributed by atoms with E-state index in [2.05, 4.69) is 18.0 Å². The van der Waals surface area contributed by atoms with E-state index >= 15 is 0 Å². The van der Waals surface area contributed by atoms with Gasteiger partial charge in [0.05, 0.1) is 0 Å². The number of carbonyl (C=O) groups is 1. The lowest BCUT2D eigenvalue weighted by atomic mass is 9.86. The average Bonchev–Trinajstić information content (AvgIpc) is 2.39. The van der Waals surface area contributed by atoms with Crippen molar-refractivity contribution in [2.24, 2.45) is 5.92 Å². The van der Waals surface area contributed by atoms with Crippen LogP contribution in [0.4, 0.5) is 0 Å². The second-order valence-electron chi connectivity index (χ2n) is 5.70. The Balaban J connectivity index is 1.90. The molecule has 0 bridgehead atoms. The van der Waals surface area contributed by atoms with E-state index in [1.54, 1.807) is 0 Å². The van der Waals surface area contributed by atoms with Crippen molar-refractivity contribution in [1.29, 1.82) is 0 Å². The summed E-state index contributed by atoms with van der Waals surface area (Å²) in [6.07, 6.45) is 12.0. The Bertz CT molecular complexity index is 388. The number of Topliss-reactive ketones (excluding diaryl/α,β-unsaturated/α-hetero) is 1. The molecule has 0 amide bonds. The van der Waals surface area contributed by atoms with E-state index in [1.165, 1.54) is 37.7 Å². The van der Waals surface area contributed by atoms with Gasteiger partial charge in [-0.15, -0.1) is 0 Å². The SMILES string of the molecule is CCc1ccc(CC(=O)C2CCCCCCC2)nc1. The number of ketones is 1. The third kappa shape index (κ3) is 4.45. The normalized spacial score (nSPS) is 17.7. The van der Waals surface area contributed by atoms with Crippen LogP contribution in [0.1, 0.15) is 63.1 Å². The molecule has 1 aliphatic rings. The Morgan fingerprint density at radius 1 is 1.16 bits per heavy atom. The van der Waals surface area contributed by atoms with E-state index in [1.807, 2.05) is 12.3 Å².